The van der Waals surface area contributed by atoms with E-state index in [-0.39, 0.29) is 23.7 Å². The predicted octanol–water partition coefficient (Wildman–Crippen LogP) is 5.65. The van der Waals surface area contributed by atoms with Crippen molar-refractivity contribution in [3.8, 4) is 11.5 Å². The van der Waals surface area contributed by atoms with Crippen LogP contribution in [0.2, 0.25) is 0 Å². The number of phenolic OH excluding ortho intramolecular Hbond substituents is 2. The Labute approximate surface area is 209 Å². The van der Waals surface area contributed by atoms with E-state index in [0.717, 1.165) is 36.8 Å². The molecule has 3 N–H and O–H groups in total. The van der Waals surface area contributed by atoms with Crippen molar-refractivity contribution in [1.82, 2.24) is 0 Å². The summed E-state index contributed by atoms with van der Waals surface area (Å²) < 4.78 is 4.64. The van der Waals surface area contributed by atoms with Gasteiger partial charge in [-0.15, -0.1) is 0 Å². The Morgan fingerprint density at radius 1 is 0.914 bits per heavy atom. The van der Waals surface area contributed by atoms with Crippen LogP contribution in [-0.2, 0) is 27.2 Å². The number of hydrogen-bond acceptors (Lipinski definition) is 6. The van der Waals surface area contributed by atoms with E-state index < -0.39 is 12.1 Å². The summed E-state index contributed by atoms with van der Waals surface area (Å²) in [6, 6.07) is 2.88. The summed E-state index contributed by atoms with van der Waals surface area (Å²) in [5.41, 5.74) is 4.77. The lowest BCUT2D eigenvalue weighted by Gasteiger charge is -2.10. The molecule has 0 aliphatic carbocycles. The average molecular weight is 485 g/mol. The second-order valence-electron chi connectivity index (χ2n) is 9.19. The van der Waals surface area contributed by atoms with Crippen LogP contribution in [0.15, 0.2) is 58.7 Å². The van der Waals surface area contributed by atoms with Crippen molar-refractivity contribution in [2.24, 2.45) is 0 Å². The van der Waals surface area contributed by atoms with Gasteiger partial charge in [0, 0.05) is 11.1 Å². The number of Topliss-reactive ketones (excluding diaryl/α,β-unsaturated/α-hetero) is 1. The van der Waals surface area contributed by atoms with E-state index in [0.29, 0.717) is 23.1 Å². The van der Waals surface area contributed by atoms with E-state index in [1.807, 2.05) is 32.9 Å². The predicted molar refractivity (Wildman–Crippen MR) is 139 cm³/mol. The van der Waals surface area contributed by atoms with Gasteiger partial charge in [0.1, 0.15) is 17.6 Å². The quantitative estimate of drug-likeness (QED) is 0.145. The molecule has 0 heterocycles. The topological polar surface area (TPSA) is 104 Å². The maximum absolute atomic E-state index is 12.2. The molecular formula is C29H40O6. The van der Waals surface area contributed by atoms with Gasteiger partial charge < -0.3 is 20.1 Å². The van der Waals surface area contributed by atoms with Crippen LogP contribution in [0.25, 0.3) is 0 Å². The van der Waals surface area contributed by atoms with Crippen LogP contribution in [0, 0.1) is 0 Å². The van der Waals surface area contributed by atoms with Crippen molar-refractivity contribution >= 4 is 11.8 Å². The lowest BCUT2D eigenvalue weighted by atomic mass is 10.0. The first-order valence-electron chi connectivity index (χ1n) is 11.9. The summed E-state index contributed by atoms with van der Waals surface area (Å²) in [7, 11) is 1.28. The molecule has 1 aromatic rings. The fraction of sp³-hybridized carbons (Fsp3) is 0.448. The first kappa shape index (κ1) is 29.9. The number of carbonyl (C=O) groups is 2. The molecule has 0 amide bonds. The van der Waals surface area contributed by atoms with Crippen molar-refractivity contribution in [3.63, 3.8) is 0 Å². The molecule has 0 aliphatic rings. The molecule has 6 nitrogen and oxygen atoms in total. The number of benzene rings is 1. The highest BCUT2D eigenvalue weighted by molar-refractivity contribution is 5.99. The molecule has 192 valence electrons. The first-order chi connectivity index (χ1) is 16.4. The molecule has 0 bridgehead atoms. The average Bonchev–Trinajstić information content (AvgIpc) is 2.78. The van der Waals surface area contributed by atoms with Crippen molar-refractivity contribution < 1.29 is 29.6 Å². The number of allylic oxidation sites excluding steroid dienone is 6. The smallest absolute Gasteiger partial charge is 0.310 e. The molecule has 0 spiro atoms. The van der Waals surface area contributed by atoms with E-state index in [1.165, 1.54) is 24.8 Å². The molecular weight excluding hydrogens is 444 g/mol. The zero-order chi connectivity index (χ0) is 26.5. The second-order valence-corrected chi connectivity index (χ2v) is 9.19. The number of methoxy groups -OCH3 is 1. The SMILES string of the molecule is COC(=O)Cc1cc(O)cc(CC=C(C)CCC=C(C)CCC=C(C)C(=O)C(O)C=C(C)C)c1O. The number of carbonyl (C=O) groups excluding carboxylic acids is 2. The van der Waals surface area contributed by atoms with Gasteiger partial charge in [-0.25, -0.2) is 0 Å². The van der Waals surface area contributed by atoms with Gasteiger partial charge in [-0.05, 0) is 90.5 Å². The molecule has 0 radical (unpaired) electrons. The summed E-state index contributed by atoms with van der Waals surface area (Å²) in [5.74, 6) is -0.741. The zero-order valence-electron chi connectivity index (χ0n) is 21.9. The number of aliphatic hydroxyl groups excluding tert-OH is 1. The van der Waals surface area contributed by atoms with Crippen molar-refractivity contribution in [2.45, 2.75) is 79.2 Å². The van der Waals surface area contributed by atoms with Crippen molar-refractivity contribution in [1.29, 1.82) is 0 Å². The molecule has 0 saturated carbocycles. The molecule has 6 heteroatoms. The van der Waals surface area contributed by atoms with Crippen LogP contribution in [0.1, 0.15) is 71.4 Å². The third-order valence-corrected chi connectivity index (χ3v) is 5.65. The normalized spacial score (nSPS) is 13.4. The standard InChI is InChI=1S/C29H40O6/c1-19(2)15-26(31)28(33)22(5)12-8-11-20(3)9-7-10-21(4)13-14-23-16-25(30)17-24(29(23)34)18-27(32)35-6/h9,12-13,15-17,26,30-31,34H,7-8,10-11,14,18H2,1-6H3. The van der Waals surface area contributed by atoms with E-state index in [9.17, 15) is 24.9 Å². The fourth-order valence-corrected chi connectivity index (χ4v) is 3.54. The van der Waals surface area contributed by atoms with Gasteiger partial charge in [-0.2, -0.15) is 0 Å². The van der Waals surface area contributed by atoms with Crippen LogP contribution in [0.5, 0.6) is 11.5 Å². The van der Waals surface area contributed by atoms with Crippen LogP contribution in [0.3, 0.4) is 0 Å². The molecule has 35 heavy (non-hydrogen) atoms. The molecule has 0 saturated heterocycles. The van der Waals surface area contributed by atoms with Crippen LogP contribution < -0.4 is 0 Å². The number of aromatic hydroxyl groups is 2. The number of hydrogen-bond donors (Lipinski definition) is 3. The molecule has 1 aromatic carbocycles. The first-order valence-corrected chi connectivity index (χ1v) is 11.9. The van der Waals surface area contributed by atoms with Gasteiger partial charge in [0.25, 0.3) is 0 Å². The Morgan fingerprint density at radius 3 is 2.09 bits per heavy atom. The van der Waals surface area contributed by atoms with Gasteiger partial charge in [0.05, 0.1) is 13.5 Å². The number of esters is 1. The minimum atomic E-state index is -1.08. The number of ether oxygens (including phenoxy) is 1. The number of rotatable bonds is 13. The number of phenols is 2. The van der Waals surface area contributed by atoms with Gasteiger partial charge in [-0.1, -0.05) is 34.9 Å². The van der Waals surface area contributed by atoms with E-state index >= 15 is 0 Å². The van der Waals surface area contributed by atoms with Gasteiger partial charge >= 0.3 is 5.97 Å². The minimum Gasteiger partial charge on any atom is -0.508 e. The van der Waals surface area contributed by atoms with Crippen LogP contribution >= 0.6 is 0 Å². The highest BCUT2D eigenvalue weighted by Crippen LogP contribution is 2.29. The second kappa shape index (κ2) is 15.0. The van der Waals surface area contributed by atoms with Crippen molar-refractivity contribution in [3.05, 3.63) is 69.9 Å². The summed E-state index contributed by atoms with van der Waals surface area (Å²) in [5, 5.41) is 30.3. The Morgan fingerprint density at radius 2 is 1.49 bits per heavy atom. The largest absolute Gasteiger partial charge is 0.508 e. The van der Waals surface area contributed by atoms with Crippen molar-refractivity contribution in [2.75, 3.05) is 7.11 Å². The highest BCUT2D eigenvalue weighted by Gasteiger charge is 2.14. The van der Waals surface area contributed by atoms with Gasteiger partial charge in [0.15, 0.2) is 5.78 Å². The van der Waals surface area contributed by atoms with E-state index in [4.69, 9.17) is 0 Å². The molecule has 0 aromatic heterocycles. The monoisotopic (exact) mass is 484 g/mol. The fourth-order valence-electron chi connectivity index (χ4n) is 3.54. The lowest BCUT2D eigenvalue weighted by molar-refractivity contribution is -0.139. The Hall–Kier alpha value is -3.12. The lowest BCUT2D eigenvalue weighted by Crippen LogP contribution is -2.18. The van der Waals surface area contributed by atoms with Gasteiger partial charge in [0.2, 0.25) is 0 Å². The summed E-state index contributed by atoms with van der Waals surface area (Å²) >= 11 is 0. The Bertz CT molecular complexity index is 1010. The molecule has 1 rings (SSSR count). The maximum Gasteiger partial charge on any atom is 0.310 e. The molecule has 0 fully saturated rings. The molecule has 0 aliphatic heterocycles. The molecule has 1 unspecified atom stereocenters. The minimum absolute atomic E-state index is 0.00116. The van der Waals surface area contributed by atoms with E-state index in [2.05, 4.69) is 17.7 Å². The van der Waals surface area contributed by atoms with Crippen LogP contribution in [-0.4, -0.2) is 40.3 Å². The summed E-state index contributed by atoms with van der Waals surface area (Å²) in [4.78, 5) is 23.7. The number of aliphatic hydroxyl groups is 1. The summed E-state index contributed by atoms with van der Waals surface area (Å²) in [6.07, 6.45) is 10.2. The maximum atomic E-state index is 12.2. The third-order valence-electron chi connectivity index (χ3n) is 5.65. The Balaban J connectivity index is 2.60. The number of ketones is 1. The van der Waals surface area contributed by atoms with Crippen LogP contribution in [0.4, 0.5) is 0 Å². The third kappa shape index (κ3) is 11.2. The Kier molecular flexibility index (Phi) is 12.8. The van der Waals surface area contributed by atoms with E-state index in [1.54, 1.807) is 13.0 Å². The zero-order valence-corrected chi connectivity index (χ0v) is 21.9. The highest BCUT2D eigenvalue weighted by atomic mass is 16.5. The van der Waals surface area contributed by atoms with Gasteiger partial charge in [-0.3, -0.25) is 9.59 Å². The molecule has 1 atom stereocenters. The summed E-state index contributed by atoms with van der Waals surface area (Å²) in [6.45, 7) is 9.52.